The summed E-state index contributed by atoms with van der Waals surface area (Å²) in [6.45, 7) is 4.28. The number of hydrogen-bond donors (Lipinski definition) is 1. The summed E-state index contributed by atoms with van der Waals surface area (Å²) >= 11 is 0. The Balaban J connectivity index is 1.99. The van der Waals surface area contributed by atoms with Gasteiger partial charge in [-0.25, -0.2) is 0 Å². The first-order valence-electron chi connectivity index (χ1n) is 5.76. The van der Waals surface area contributed by atoms with Gasteiger partial charge in [0, 0.05) is 5.92 Å². The van der Waals surface area contributed by atoms with Gasteiger partial charge in [-0.2, -0.15) is 4.98 Å². The average molecular weight is 209 g/mol. The third kappa shape index (κ3) is 2.37. The summed E-state index contributed by atoms with van der Waals surface area (Å²) in [4.78, 5) is 4.38. The molecule has 1 atom stereocenters. The van der Waals surface area contributed by atoms with Crippen molar-refractivity contribution in [1.82, 2.24) is 10.1 Å². The Labute approximate surface area is 90.2 Å². The summed E-state index contributed by atoms with van der Waals surface area (Å²) in [5.41, 5.74) is 5.97. The van der Waals surface area contributed by atoms with E-state index in [1.807, 2.05) is 0 Å². The quantitative estimate of drug-likeness (QED) is 0.826. The predicted octanol–water partition coefficient (Wildman–Crippen LogP) is 2.38. The molecule has 1 aliphatic rings. The molecule has 4 nitrogen and oxygen atoms in total. The summed E-state index contributed by atoms with van der Waals surface area (Å²) < 4.78 is 5.20. The number of rotatable bonds is 4. The molecule has 84 valence electrons. The molecule has 1 aromatic rings. The second-order valence-electron chi connectivity index (χ2n) is 4.85. The van der Waals surface area contributed by atoms with Crippen LogP contribution in [0.15, 0.2) is 4.52 Å². The van der Waals surface area contributed by atoms with Gasteiger partial charge in [-0.05, 0) is 25.2 Å². The standard InChI is InChI=1S/C11H19N3O/c1-7(2)6-9(12)11-13-10(14-15-11)8-4-3-5-8/h7-9H,3-6,12H2,1-2H3. The second kappa shape index (κ2) is 4.31. The van der Waals surface area contributed by atoms with E-state index in [-0.39, 0.29) is 6.04 Å². The summed E-state index contributed by atoms with van der Waals surface area (Å²) in [5.74, 6) is 2.54. The van der Waals surface area contributed by atoms with E-state index < -0.39 is 0 Å². The van der Waals surface area contributed by atoms with E-state index in [1.165, 1.54) is 19.3 Å². The maximum atomic E-state index is 5.97. The van der Waals surface area contributed by atoms with Gasteiger partial charge >= 0.3 is 0 Å². The third-order valence-corrected chi connectivity index (χ3v) is 2.97. The maximum absolute atomic E-state index is 5.97. The molecule has 1 saturated carbocycles. The van der Waals surface area contributed by atoms with Crippen LogP contribution in [0.25, 0.3) is 0 Å². The highest BCUT2D eigenvalue weighted by atomic mass is 16.5. The molecular weight excluding hydrogens is 190 g/mol. The van der Waals surface area contributed by atoms with Crippen LogP contribution in [-0.4, -0.2) is 10.1 Å². The van der Waals surface area contributed by atoms with Crippen molar-refractivity contribution in [3.63, 3.8) is 0 Å². The Hall–Kier alpha value is -0.900. The van der Waals surface area contributed by atoms with Crippen LogP contribution in [0.3, 0.4) is 0 Å². The summed E-state index contributed by atoms with van der Waals surface area (Å²) in [6.07, 6.45) is 4.57. The molecule has 0 amide bonds. The second-order valence-corrected chi connectivity index (χ2v) is 4.85. The number of aromatic nitrogens is 2. The zero-order valence-electron chi connectivity index (χ0n) is 9.44. The highest BCUT2D eigenvalue weighted by Gasteiger charge is 2.26. The molecule has 1 fully saturated rings. The minimum absolute atomic E-state index is 0.105. The number of nitrogens with zero attached hydrogens (tertiary/aromatic N) is 2. The van der Waals surface area contributed by atoms with E-state index >= 15 is 0 Å². The van der Waals surface area contributed by atoms with E-state index in [4.69, 9.17) is 10.3 Å². The summed E-state index contributed by atoms with van der Waals surface area (Å²) in [5, 5.41) is 4.00. The van der Waals surface area contributed by atoms with Crippen LogP contribution in [0, 0.1) is 5.92 Å². The van der Waals surface area contributed by atoms with Crippen LogP contribution in [0.1, 0.15) is 63.2 Å². The third-order valence-electron chi connectivity index (χ3n) is 2.97. The molecule has 0 radical (unpaired) electrons. The Morgan fingerprint density at radius 3 is 2.73 bits per heavy atom. The maximum Gasteiger partial charge on any atom is 0.243 e. The lowest BCUT2D eigenvalue weighted by atomic mass is 9.85. The lowest BCUT2D eigenvalue weighted by Gasteiger charge is -2.21. The van der Waals surface area contributed by atoms with Crippen molar-refractivity contribution < 1.29 is 4.52 Å². The van der Waals surface area contributed by atoms with E-state index in [1.54, 1.807) is 0 Å². The molecule has 0 spiro atoms. The van der Waals surface area contributed by atoms with Crippen LogP contribution < -0.4 is 5.73 Å². The molecule has 15 heavy (non-hydrogen) atoms. The van der Waals surface area contributed by atoms with Gasteiger partial charge in [0.05, 0.1) is 6.04 Å². The molecule has 0 aliphatic heterocycles. The van der Waals surface area contributed by atoms with Crippen molar-refractivity contribution in [2.45, 2.75) is 51.5 Å². The fourth-order valence-corrected chi connectivity index (χ4v) is 1.84. The average Bonchev–Trinajstić information content (AvgIpc) is 2.48. The first-order chi connectivity index (χ1) is 7.16. The van der Waals surface area contributed by atoms with E-state index in [0.717, 1.165) is 12.2 Å². The van der Waals surface area contributed by atoms with Gasteiger partial charge in [0.25, 0.3) is 0 Å². The largest absolute Gasteiger partial charge is 0.338 e. The topological polar surface area (TPSA) is 64.9 Å². The van der Waals surface area contributed by atoms with Gasteiger partial charge in [-0.3, -0.25) is 0 Å². The van der Waals surface area contributed by atoms with Crippen LogP contribution >= 0.6 is 0 Å². The van der Waals surface area contributed by atoms with Crippen LogP contribution in [-0.2, 0) is 0 Å². The molecule has 1 heterocycles. The Kier molecular flexibility index (Phi) is 3.05. The van der Waals surface area contributed by atoms with Gasteiger partial charge in [0.1, 0.15) is 0 Å². The van der Waals surface area contributed by atoms with Crippen LogP contribution in [0.4, 0.5) is 0 Å². The Bertz CT molecular complexity index is 317. The van der Waals surface area contributed by atoms with Crippen LogP contribution in [0.5, 0.6) is 0 Å². The highest BCUT2D eigenvalue weighted by molar-refractivity contribution is 5.01. The highest BCUT2D eigenvalue weighted by Crippen LogP contribution is 2.34. The minimum atomic E-state index is -0.105. The monoisotopic (exact) mass is 209 g/mol. The van der Waals surface area contributed by atoms with E-state index in [0.29, 0.717) is 17.7 Å². The van der Waals surface area contributed by atoms with Gasteiger partial charge in [0.2, 0.25) is 5.89 Å². The summed E-state index contributed by atoms with van der Waals surface area (Å²) in [6, 6.07) is -0.105. The fraction of sp³-hybridized carbons (Fsp3) is 0.818. The first kappa shape index (κ1) is 10.6. The van der Waals surface area contributed by atoms with Crippen molar-refractivity contribution in [3.05, 3.63) is 11.7 Å². The molecule has 0 aromatic carbocycles. The van der Waals surface area contributed by atoms with Crippen molar-refractivity contribution in [2.75, 3.05) is 0 Å². The van der Waals surface area contributed by atoms with Crippen molar-refractivity contribution >= 4 is 0 Å². The van der Waals surface area contributed by atoms with Crippen molar-refractivity contribution in [3.8, 4) is 0 Å². The lowest BCUT2D eigenvalue weighted by Crippen LogP contribution is -2.14. The van der Waals surface area contributed by atoms with E-state index in [9.17, 15) is 0 Å². The van der Waals surface area contributed by atoms with Crippen molar-refractivity contribution in [2.24, 2.45) is 11.7 Å². The molecule has 2 rings (SSSR count). The van der Waals surface area contributed by atoms with Gasteiger partial charge < -0.3 is 10.3 Å². The van der Waals surface area contributed by atoms with Gasteiger partial charge in [-0.15, -0.1) is 0 Å². The van der Waals surface area contributed by atoms with Gasteiger partial charge in [-0.1, -0.05) is 25.4 Å². The molecule has 2 N–H and O–H groups in total. The molecule has 1 aliphatic carbocycles. The smallest absolute Gasteiger partial charge is 0.243 e. The Morgan fingerprint density at radius 2 is 2.20 bits per heavy atom. The predicted molar refractivity (Wildman–Crippen MR) is 57.3 cm³/mol. The lowest BCUT2D eigenvalue weighted by molar-refractivity contribution is 0.322. The molecule has 0 bridgehead atoms. The molecular formula is C11H19N3O. The fourth-order valence-electron chi connectivity index (χ4n) is 1.84. The minimum Gasteiger partial charge on any atom is -0.338 e. The molecule has 1 aromatic heterocycles. The van der Waals surface area contributed by atoms with Crippen molar-refractivity contribution in [1.29, 1.82) is 0 Å². The zero-order valence-corrected chi connectivity index (χ0v) is 9.44. The number of hydrogen-bond acceptors (Lipinski definition) is 4. The molecule has 1 unspecified atom stereocenters. The summed E-state index contributed by atoms with van der Waals surface area (Å²) in [7, 11) is 0. The number of nitrogens with two attached hydrogens (primary N) is 1. The zero-order chi connectivity index (χ0) is 10.8. The first-order valence-corrected chi connectivity index (χ1v) is 5.76. The van der Waals surface area contributed by atoms with Gasteiger partial charge in [0.15, 0.2) is 5.82 Å². The Morgan fingerprint density at radius 1 is 1.47 bits per heavy atom. The SMILES string of the molecule is CC(C)CC(N)c1nc(C2CCC2)no1. The van der Waals surface area contributed by atoms with E-state index in [2.05, 4.69) is 24.0 Å². The molecule has 4 heteroatoms. The normalized spacial score (nSPS) is 19.2. The molecule has 0 saturated heterocycles. The van der Waals surface area contributed by atoms with Crippen LogP contribution in [0.2, 0.25) is 0 Å².